The van der Waals surface area contributed by atoms with Gasteiger partial charge in [0.25, 0.3) is 11.8 Å². The molecule has 36 heavy (non-hydrogen) atoms. The Kier molecular flexibility index (Phi) is 7.47. The second-order valence-corrected chi connectivity index (χ2v) is 9.46. The molecular formula is C27H22BrClN2O5. The summed E-state index contributed by atoms with van der Waals surface area (Å²) in [6.45, 7) is 4.10. The highest BCUT2D eigenvalue weighted by molar-refractivity contribution is 9.10. The molecule has 4 rings (SSSR count). The Hall–Kier alpha value is -3.62. The number of methoxy groups -OCH3 is 1. The summed E-state index contributed by atoms with van der Waals surface area (Å²) in [5, 5.41) is 2.88. The fourth-order valence-corrected chi connectivity index (χ4v) is 4.15. The number of hydrogen-bond donors (Lipinski definition) is 1. The second-order valence-electron chi connectivity index (χ2n) is 8.17. The third-order valence-electron chi connectivity index (χ3n) is 5.74. The molecule has 184 valence electrons. The van der Waals surface area contributed by atoms with Gasteiger partial charge in [0.05, 0.1) is 12.8 Å². The Balaban J connectivity index is 1.64. The lowest BCUT2D eigenvalue weighted by Crippen LogP contribution is -2.54. The quantitative estimate of drug-likeness (QED) is 0.292. The van der Waals surface area contributed by atoms with E-state index in [-0.39, 0.29) is 12.2 Å². The standard InChI is InChI=1S/C27H22BrClN2O5/c1-15-4-9-20(10-16(15)2)31-26(33)21(25(32)30-27(31)34)11-18-12-23(35-3)24(13-22(18)28)36-14-17-5-7-19(29)8-6-17/h4-13H,14H2,1-3H3,(H,30,32,34)/b21-11+. The van der Waals surface area contributed by atoms with Gasteiger partial charge in [-0.2, -0.15) is 0 Å². The molecular weight excluding hydrogens is 548 g/mol. The molecule has 9 heteroatoms. The monoisotopic (exact) mass is 568 g/mol. The van der Waals surface area contributed by atoms with Gasteiger partial charge in [-0.05, 0) is 78.6 Å². The summed E-state index contributed by atoms with van der Waals surface area (Å²) in [5.74, 6) is -0.627. The smallest absolute Gasteiger partial charge is 0.335 e. The third kappa shape index (κ3) is 5.29. The summed E-state index contributed by atoms with van der Waals surface area (Å²) in [6.07, 6.45) is 1.41. The normalized spacial score (nSPS) is 14.8. The van der Waals surface area contributed by atoms with Crippen LogP contribution in [-0.4, -0.2) is 25.0 Å². The first-order valence-corrected chi connectivity index (χ1v) is 12.1. The van der Waals surface area contributed by atoms with Crippen molar-refractivity contribution in [1.82, 2.24) is 5.32 Å². The van der Waals surface area contributed by atoms with Gasteiger partial charge in [0.2, 0.25) is 0 Å². The number of nitrogens with zero attached hydrogens (tertiary/aromatic N) is 1. The number of aryl methyl sites for hydroxylation is 2. The summed E-state index contributed by atoms with van der Waals surface area (Å²) in [5.41, 5.74) is 3.54. The van der Waals surface area contributed by atoms with E-state index in [1.165, 1.54) is 13.2 Å². The first-order chi connectivity index (χ1) is 17.2. The summed E-state index contributed by atoms with van der Waals surface area (Å²) in [6, 6.07) is 15.0. The van der Waals surface area contributed by atoms with Crippen LogP contribution in [0.2, 0.25) is 5.02 Å². The molecule has 3 aromatic carbocycles. The van der Waals surface area contributed by atoms with Crippen molar-refractivity contribution in [2.45, 2.75) is 20.5 Å². The number of ether oxygens (including phenoxy) is 2. The zero-order chi connectivity index (χ0) is 26.0. The van der Waals surface area contributed by atoms with Crippen molar-refractivity contribution in [2.75, 3.05) is 12.0 Å². The van der Waals surface area contributed by atoms with Crippen molar-refractivity contribution >= 4 is 57.1 Å². The van der Waals surface area contributed by atoms with Crippen molar-refractivity contribution in [3.05, 3.63) is 91.9 Å². The molecule has 0 spiro atoms. The fourth-order valence-electron chi connectivity index (χ4n) is 3.59. The minimum absolute atomic E-state index is 0.189. The van der Waals surface area contributed by atoms with Crippen LogP contribution in [0.3, 0.4) is 0 Å². The van der Waals surface area contributed by atoms with Gasteiger partial charge in [-0.15, -0.1) is 0 Å². The molecule has 1 heterocycles. The van der Waals surface area contributed by atoms with E-state index in [0.717, 1.165) is 21.6 Å². The number of carbonyl (C=O) groups is 3. The first-order valence-electron chi connectivity index (χ1n) is 10.9. The lowest BCUT2D eigenvalue weighted by atomic mass is 10.0. The van der Waals surface area contributed by atoms with Gasteiger partial charge < -0.3 is 9.47 Å². The van der Waals surface area contributed by atoms with Crippen LogP contribution < -0.4 is 19.7 Å². The average molecular weight is 570 g/mol. The highest BCUT2D eigenvalue weighted by atomic mass is 79.9. The van der Waals surface area contributed by atoms with E-state index in [2.05, 4.69) is 21.2 Å². The van der Waals surface area contributed by atoms with Crippen LogP contribution in [0.1, 0.15) is 22.3 Å². The van der Waals surface area contributed by atoms with E-state index in [1.807, 2.05) is 32.0 Å². The maximum Gasteiger partial charge on any atom is 0.335 e. The largest absolute Gasteiger partial charge is 0.493 e. The maximum atomic E-state index is 13.3. The van der Waals surface area contributed by atoms with Crippen molar-refractivity contribution < 1.29 is 23.9 Å². The topological polar surface area (TPSA) is 84.9 Å². The number of anilines is 1. The van der Waals surface area contributed by atoms with Gasteiger partial charge in [0.1, 0.15) is 12.2 Å². The molecule has 3 aromatic rings. The molecule has 1 aliphatic heterocycles. The zero-order valence-corrected chi connectivity index (χ0v) is 22.1. The van der Waals surface area contributed by atoms with E-state index in [1.54, 1.807) is 36.4 Å². The number of halogens is 2. The van der Waals surface area contributed by atoms with Crippen LogP contribution in [0, 0.1) is 13.8 Å². The third-order valence-corrected chi connectivity index (χ3v) is 6.68. The van der Waals surface area contributed by atoms with E-state index in [9.17, 15) is 14.4 Å². The van der Waals surface area contributed by atoms with Gasteiger partial charge >= 0.3 is 6.03 Å². The molecule has 1 fully saturated rings. The van der Waals surface area contributed by atoms with Crippen LogP contribution in [0.15, 0.2) is 64.6 Å². The number of amides is 4. The molecule has 0 radical (unpaired) electrons. The predicted molar refractivity (Wildman–Crippen MR) is 141 cm³/mol. The van der Waals surface area contributed by atoms with Crippen LogP contribution in [-0.2, 0) is 16.2 Å². The number of carbonyl (C=O) groups excluding carboxylic acids is 3. The maximum absolute atomic E-state index is 13.3. The number of imide groups is 2. The molecule has 1 N–H and O–H groups in total. The molecule has 7 nitrogen and oxygen atoms in total. The minimum Gasteiger partial charge on any atom is -0.493 e. The summed E-state index contributed by atoms with van der Waals surface area (Å²) < 4.78 is 12.0. The van der Waals surface area contributed by atoms with Gasteiger partial charge in [-0.25, -0.2) is 9.69 Å². The second kappa shape index (κ2) is 10.6. The lowest BCUT2D eigenvalue weighted by molar-refractivity contribution is -0.122. The molecule has 0 aromatic heterocycles. The Morgan fingerprint density at radius 1 is 0.972 bits per heavy atom. The van der Waals surface area contributed by atoms with Gasteiger partial charge in [0.15, 0.2) is 11.5 Å². The van der Waals surface area contributed by atoms with Crippen molar-refractivity contribution in [3.8, 4) is 11.5 Å². The van der Waals surface area contributed by atoms with Crippen LogP contribution >= 0.6 is 27.5 Å². The minimum atomic E-state index is -0.798. The van der Waals surface area contributed by atoms with Gasteiger partial charge in [0, 0.05) is 9.50 Å². The Morgan fingerprint density at radius 3 is 2.36 bits per heavy atom. The molecule has 1 saturated heterocycles. The molecule has 0 aliphatic carbocycles. The van der Waals surface area contributed by atoms with Crippen molar-refractivity contribution in [1.29, 1.82) is 0 Å². The number of benzene rings is 3. The van der Waals surface area contributed by atoms with E-state index in [0.29, 0.717) is 32.2 Å². The average Bonchev–Trinajstić information content (AvgIpc) is 2.84. The molecule has 0 unspecified atom stereocenters. The van der Waals surface area contributed by atoms with Crippen molar-refractivity contribution in [3.63, 3.8) is 0 Å². The first kappa shape index (κ1) is 25.5. The summed E-state index contributed by atoms with van der Waals surface area (Å²) in [7, 11) is 1.49. The number of nitrogens with one attached hydrogen (secondary N) is 1. The Bertz CT molecular complexity index is 1400. The van der Waals surface area contributed by atoms with E-state index in [4.69, 9.17) is 21.1 Å². The predicted octanol–water partition coefficient (Wildman–Crippen LogP) is 5.97. The van der Waals surface area contributed by atoms with Gasteiger partial charge in [-0.1, -0.05) is 45.7 Å². The van der Waals surface area contributed by atoms with E-state index >= 15 is 0 Å². The molecule has 0 bridgehead atoms. The van der Waals surface area contributed by atoms with Crippen LogP contribution in [0.4, 0.5) is 10.5 Å². The fraction of sp³-hybridized carbons (Fsp3) is 0.148. The number of rotatable bonds is 6. The molecule has 4 amide bonds. The summed E-state index contributed by atoms with van der Waals surface area (Å²) in [4.78, 5) is 39.3. The Morgan fingerprint density at radius 2 is 1.69 bits per heavy atom. The highest BCUT2D eigenvalue weighted by Gasteiger charge is 2.37. The molecule has 0 atom stereocenters. The number of urea groups is 1. The molecule has 0 saturated carbocycles. The van der Waals surface area contributed by atoms with Crippen molar-refractivity contribution in [2.24, 2.45) is 0 Å². The number of barbiturate groups is 1. The zero-order valence-electron chi connectivity index (χ0n) is 19.7. The van der Waals surface area contributed by atoms with Gasteiger partial charge in [-0.3, -0.25) is 14.9 Å². The van der Waals surface area contributed by atoms with E-state index < -0.39 is 17.8 Å². The van der Waals surface area contributed by atoms with Crippen LogP contribution in [0.25, 0.3) is 6.08 Å². The summed E-state index contributed by atoms with van der Waals surface area (Å²) >= 11 is 9.41. The lowest BCUT2D eigenvalue weighted by Gasteiger charge is -2.27. The Labute approximate surface area is 221 Å². The number of hydrogen-bond acceptors (Lipinski definition) is 5. The highest BCUT2D eigenvalue weighted by Crippen LogP contribution is 2.36. The SMILES string of the molecule is COc1cc(/C=C2\C(=O)NC(=O)N(c3ccc(C)c(C)c3)C2=O)c(Br)cc1OCc1ccc(Cl)cc1. The molecule has 1 aliphatic rings. The van der Waals surface area contributed by atoms with Crippen LogP contribution in [0.5, 0.6) is 11.5 Å².